The number of rotatable bonds is 4. The maximum atomic E-state index is 10.3. The van der Waals surface area contributed by atoms with E-state index in [2.05, 4.69) is 0 Å². The molecule has 0 spiro atoms. The van der Waals surface area contributed by atoms with Gasteiger partial charge >= 0.3 is 0 Å². The molecule has 0 aliphatic rings. The van der Waals surface area contributed by atoms with Gasteiger partial charge in [0, 0.05) is 0 Å². The lowest BCUT2D eigenvalue weighted by atomic mass is 10.1. The second-order valence-electron chi connectivity index (χ2n) is 2.18. The fraction of sp³-hybridized carbons (Fsp3) is 0.625. The van der Waals surface area contributed by atoms with E-state index < -0.39 is 5.97 Å². The number of carbonyl (C=O) groups excluding carboxylic acids is 1. The Hall–Kier alpha value is -0.790. The van der Waals surface area contributed by atoms with Gasteiger partial charge in [-0.3, -0.25) is 0 Å². The Bertz CT molecular complexity index is 136. The van der Waals surface area contributed by atoms with E-state index in [0.717, 1.165) is 12.8 Å². The predicted molar refractivity (Wildman–Crippen MR) is 38.3 cm³/mol. The molecule has 0 fully saturated rings. The van der Waals surface area contributed by atoms with Crippen molar-refractivity contribution in [3.8, 4) is 0 Å². The molecule has 0 aromatic carbocycles. The maximum Gasteiger partial charge on any atom is 0.0671 e. The van der Waals surface area contributed by atoms with Crippen molar-refractivity contribution >= 4 is 5.97 Å². The summed E-state index contributed by atoms with van der Waals surface area (Å²) in [5, 5.41) is 10.3. The predicted octanol–water partition coefficient (Wildman–Crippen LogP) is 0.873. The summed E-state index contributed by atoms with van der Waals surface area (Å²) < 4.78 is 0. The lowest BCUT2D eigenvalue weighted by Gasteiger charge is -2.05. The fourth-order valence-corrected chi connectivity index (χ4v) is 0.803. The van der Waals surface area contributed by atoms with Gasteiger partial charge in [0.15, 0.2) is 0 Å². The molecule has 0 bridgehead atoms. The third kappa shape index (κ3) is 3.28. The second-order valence-corrected chi connectivity index (χ2v) is 2.18. The zero-order valence-corrected chi connectivity index (χ0v) is 6.52. The van der Waals surface area contributed by atoms with Gasteiger partial charge in [-0.05, 0) is 18.4 Å². The van der Waals surface area contributed by atoms with Crippen molar-refractivity contribution in [2.24, 2.45) is 0 Å². The van der Waals surface area contributed by atoms with Crippen molar-refractivity contribution in [3.05, 3.63) is 11.6 Å². The van der Waals surface area contributed by atoms with Crippen LogP contribution in [0.15, 0.2) is 11.6 Å². The van der Waals surface area contributed by atoms with Crippen molar-refractivity contribution in [3.63, 3.8) is 0 Å². The number of carbonyl (C=O) groups is 1. The van der Waals surface area contributed by atoms with Gasteiger partial charge in [-0.1, -0.05) is 26.3 Å². The minimum atomic E-state index is -1.02. The summed E-state index contributed by atoms with van der Waals surface area (Å²) in [4.78, 5) is 10.3. The second kappa shape index (κ2) is 5.03. The van der Waals surface area contributed by atoms with Gasteiger partial charge in [0.05, 0.1) is 5.97 Å². The van der Waals surface area contributed by atoms with Crippen LogP contribution in [0.5, 0.6) is 0 Å². The van der Waals surface area contributed by atoms with E-state index in [-0.39, 0.29) is 0 Å². The van der Waals surface area contributed by atoms with Crippen molar-refractivity contribution in [2.75, 3.05) is 0 Å². The van der Waals surface area contributed by atoms with E-state index in [1.54, 1.807) is 6.08 Å². The SMILES string of the molecule is CC/C=C(\CCC)C(=O)[O-]. The van der Waals surface area contributed by atoms with E-state index in [1.807, 2.05) is 13.8 Å². The Morgan fingerprint density at radius 3 is 2.40 bits per heavy atom. The van der Waals surface area contributed by atoms with Gasteiger partial charge in [-0.2, -0.15) is 0 Å². The number of allylic oxidation sites excluding steroid dienone is 1. The van der Waals surface area contributed by atoms with Crippen LogP contribution in [0.3, 0.4) is 0 Å². The molecule has 0 rings (SSSR count). The van der Waals surface area contributed by atoms with Gasteiger partial charge in [-0.15, -0.1) is 0 Å². The number of carboxylic acids is 1. The smallest absolute Gasteiger partial charge is 0.0671 e. The Balaban J connectivity index is 3.98. The molecule has 0 unspecified atom stereocenters. The van der Waals surface area contributed by atoms with Crippen LogP contribution in [-0.4, -0.2) is 5.97 Å². The molecule has 0 saturated carbocycles. The molecular formula is C8H13O2-. The van der Waals surface area contributed by atoms with Crippen molar-refractivity contribution in [1.82, 2.24) is 0 Å². The van der Waals surface area contributed by atoms with Gasteiger partial charge in [0.1, 0.15) is 0 Å². The summed E-state index contributed by atoms with van der Waals surface area (Å²) in [7, 11) is 0. The number of hydrogen-bond acceptors (Lipinski definition) is 2. The molecule has 10 heavy (non-hydrogen) atoms. The summed E-state index contributed by atoms with van der Waals surface area (Å²) >= 11 is 0. The van der Waals surface area contributed by atoms with Crippen LogP contribution in [0.25, 0.3) is 0 Å². The van der Waals surface area contributed by atoms with Gasteiger partial charge < -0.3 is 9.90 Å². The molecule has 0 radical (unpaired) electrons. The molecule has 0 amide bonds. The molecule has 58 valence electrons. The minimum absolute atomic E-state index is 0.435. The van der Waals surface area contributed by atoms with E-state index >= 15 is 0 Å². The quantitative estimate of drug-likeness (QED) is 0.545. The molecule has 2 heteroatoms. The third-order valence-electron chi connectivity index (χ3n) is 1.23. The van der Waals surface area contributed by atoms with Crippen molar-refractivity contribution in [1.29, 1.82) is 0 Å². The Morgan fingerprint density at radius 1 is 1.50 bits per heavy atom. The number of hydrogen-bond donors (Lipinski definition) is 0. The van der Waals surface area contributed by atoms with Gasteiger partial charge in [-0.25, -0.2) is 0 Å². The molecule has 0 N–H and O–H groups in total. The zero-order valence-electron chi connectivity index (χ0n) is 6.52. The van der Waals surface area contributed by atoms with E-state index in [1.165, 1.54) is 0 Å². The first-order valence-electron chi connectivity index (χ1n) is 3.62. The van der Waals surface area contributed by atoms with Crippen LogP contribution < -0.4 is 5.11 Å². The summed E-state index contributed by atoms with van der Waals surface area (Å²) in [6.45, 7) is 3.87. The Labute approximate surface area is 61.6 Å². The standard InChI is InChI=1S/C8H14O2/c1-3-5-7(6-4-2)8(9)10/h5H,3-4,6H2,1-2H3,(H,9,10)/p-1/b7-5+. The lowest BCUT2D eigenvalue weighted by Crippen LogP contribution is -2.24. The molecular weight excluding hydrogens is 128 g/mol. The Morgan fingerprint density at radius 2 is 2.10 bits per heavy atom. The zero-order chi connectivity index (χ0) is 7.98. The molecule has 0 aliphatic carbocycles. The largest absolute Gasteiger partial charge is 0.545 e. The molecule has 0 heterocycles. The van der Waals surface area contributed by atoms with Crippen LogP contribution in [0.4, 0.5) is 0 Å². The van der Waals surface area contributed by atoms with E-state index in [0.29, 0.717) is 12.0 Å². The normalized spacial score (nSPS) is 11.6. The van der Waals surface area contributed by atoms with Crippen molar-refractivity contribution in [2.45, 2.75) is 33.1 Å². The summed E-state index contributed by atoms with van der Waals surface area (Å²) in [5.74, 6) is -1.02. The number of carboxylic acid groups (broad SMARTS) is 1. The number of aliphatic carboxylic acids is 1. The maximum absolute atomic E-state index is 10.3. The molecule has 0 aliphatic heterocycles. The third-order valence-corrected chi connectivity index (χ3v) is 1.23. The molecule has 0 aromatic heterocycles. The lowest BCUT2D eigenvalue weighted by molar-refractivity contribution is -0.299. The Kier molecular flexibility index (Phi) is 4.63. The fourth-order valence-electron chi connectivity index (χ4n) is 0.803. The first kappa shape index (κ1) is 9.21. The van der Waals surface area contributed by atoms with Crippen LogP contribution in [-0.2, 0) is 4.79 Å². The molecule has 2 nitrogen and oxygen atoms in total. The molecule has 0 aromatic rings. The van der Waals surface area contributed by atoms with Gasteiger partial charge in [0.25, 0.3) is 0 Å². The summed E-state index contributed by atoms with van der Waals surface area (Å²) in [5.41, 5.74) is 0.435. The average molecular weight is 141 g/mol. The molecule has 0 atom stereocenters. The van der Waals surface area contributed by atoms with E-state index in [4.69, 9.17) is 0 Å². The highest BCUT2D eigenvalue weighted by molar-refractivity contribution is 5.84. The van der Waals surface area contributed by atoms with Crippen LogP contribution in [0, 0.1) is 0 Å². The first-order chi connectivity index (χ1) is 4.72. The van der Waals surface area contributed by atoms with Crippen LogP contribution in [0.1, 0.15) is 33.1 Å². The van der Waals surface area contributed by atoms with E-state index in [9.17, 15) is 9.90 Å². The highest BCUT2D eigenvalue weighted by Gasteiger charge is 1.93. The topological polar surface area (TPSA) is 40.1 Å². The summed E-state index contributed by atoms with van der Waals surface area (Å²) in [6, 6.07) is 0. The van der Waals surface area contributed by atoms with Gasteiger partial charge in [0.2, 0.25) is 0 Å². The van der Waals surface area contributed by atoms with Crippen LogP contribution in [0.2, 0.25) is 0 Å². The average Bonchev–Trinajstić information content (AvgIpc) is 1.87. The van der Waals surface area contributed by atoms with Crippen LogP contribution >= 0.6 is 0 Å². The van der Waals surface area contributed by atoms with Crippen molar-refractivity contribution < 1.29 is 9.90 Å². The highest BCUT2D eigenvalue weighted by Crippen LogP contribution is 2.03. The minimum Gasteiger partial charge on any atom is -0.545 e. The highest BCUT2D eigenvalue weighted by atomic mass is 16.4. The molecule has 0 saturated heterocycles. The first-order valence-corrected chi connectivity index (χ1v) is 3.62. The summed E-state index contributed by atoms with van der Waals surface area (Å²) in [6.07, 6.45) is 3.96. The monoisotopic (exact) mass is 141 g/mol.